The van der Waals surface area contributed by atoms with Crippen LogP contribution in [0.2, 0.25) is 0 Å². The fourth-order valence-corrected chi connectivity index (χ4v) is 12.0. The van der Waals surface area contributed by atoms with Gasteiger partial charge in [-0.05, 0) is 49.4 Å². The van der Waals surface area contributed by atoms with E-state index in [1.54, 1.807) is 0 Å². The monoisotopic (exact) mass is 1310 g/mol. The molecular weight excluding hydrogens is 1170 g/mol. The minimum absolute atomic E-state index is 0.104. The molecule has 89 heavy (non-hydrogen) atoms. The van der Waals surface area contributed by atoms with Crippen molar-refractivity contribution in [1.29, 1.82) is 0 Å². The summed E-state index contributed by atoms with van der Waals surface area (Å²) in [5.41, 5.74) is 0. The van der Waals surface area contributed by atoms with Crippen molar-refractivity contribution < 1.29 is 80.2 Å². The summed E-state index contributed by atoms with van der Waals surface area (Å²) in [4.78, 5) is 72.5. The van der Waals surface area contributed by atoms with Crippen LogP contribution >= 0.6 is 15.6 Å². The molecule has 7 atom stereocenters. The number of esters is 4. The molecule has 0 saturated carbocycles. The van der Waals surface area contributed by atoms with Crippen LogP contribution in [0.5, 0.6) is 0 Å². The van der Waals surface area contributed by atoms with Crippen LogP contribution in [0.25, 0.3) is 0 Å². The Morgan fingerprint density at radius 1 is 0.315 bits per heavy atom. The van der Waals surface area contributed by atoms with Gasteiger partial charge in [0.2, 0.25) is 0 Å². The van der Waals surface area contributed by atoms with Crippen molar-refractivity contribution in [1.82, 2.24) is 0 Å². The molecular formula is C70H136O17P2. The first kappa shape index (κ1) is 87.1. The van der Waals surface area contributed by atoms with E-state index >= 15 is 0 Å². The van der Waals surface area contributed by atoms with Crippen LogP contribution in [0, 0.1) is 23.7 Å². The SMILES string of the molecule is CCC(C)CCCCCCCCCCC(=O)OC[C@H](COP(=O)(O)OC[C@@H](O)COP(=O)(O)OC[C@@H](COC(=O)CCCCCCCCC(C)CC)OC(=O)CCCCCCCCCCCCCCC(C)C)OC(=O)CCCCCCCCCCCC(C)C. The van der Waals surface area contributed by atoms with Gasteiger partial charge in [-0.1, -0.05) is 293 Å². The first-order valence-electron chi connectivity index (χ1n) is 36.3. The van der Waals surface area contributed by atoms with Crippen molar-refractivity contribution in [2.24, 2.45) is 23.7 Å². The Bertz CT molecular complexity index is 1770. The van der Waals surface area contributed by atoms with E-state index in [0.717, 1.165) is 120 Å². The summed E-state index contributed by atoms with van der Waals surface area (Å²) < 4.78 is 68.3. The van der Waals surface area contributed by atoms with Gasteiger partial charge in [-0.15, -0.1) is 0 Å². The lowest BCUT2D eigenvalue weighted by Crippen LogP contribution is -2.30. The quantitative estimate of drug-likeness (QED) is 0.0222. The summed E-state index contributed by atoms with van der Waals surface area (Å²) >= 11 is 0. The van der Waals surface area contributed by atoms with Gasteiger partial charge in [-0.2, -0.15) is 0 Å². The molecule has 19 heteroatoms. The average Bonchev–Trinajstić information content (AvgIpc) is 3.62. The molecule has 0 aromatic carbocycles. The van der Waals surface area contributed by atoms with Crippen LogP contribution in [0.4, 0.5) is 0 Å². The lowest BCUT2D eigenvalue weighted by atomic mass is 9.99. The van der Waals surface area contributed by atoms with Crippen LogP contribution in [0.15, 0.2) is 0 Å². The summed E-state index contributed by atoms with van der Waals surface area (Å²) in [6, 6.07) is 0. The van der Waals surface area contributed by atoms with Gasteiger partial charge in [0.05, 0.1) is 26.4 Å². The molecule has 0 aliphatic rings. The highest BCUT2D eigenvalue weighted by Crippen LogP contribution is 2.45. The van der Waals surface area contributed by atoms with Crippen molar-refractivity contribution >= 4 is 39.5 Å². The smallest absolute Gasteiger partial charge is 0.462 e. The molecule has 0 bridgehead atoms. The second kappa shape index (κ2) is 59.8. The molecule has 0 aromatic heterocycles. The Balaban J connectivity index is 5.26. The molecule has 0 fully saturated rings. The minimum Gasteiger partial charge on any atom is -0.462 e. The van der Waals surface area contributed by atoms with E-state index in [-0.39, 0.29) is 25.7 Å². The maximum atomic E-state index is 13.0. The van der Waals surface area contributed by atoms with Gasteiger partial charge < -0.3 is 33.8 Å². The van der Waals surface area contributed by atoms with Crippen LogP contribution in [-0.2, 0) is 65.4 Å². The third kappa shape index (κ3) is 62.0. The molecule has 17 nitrogen and oxygen atoms in total. The molecule has 0 rings (SSSR count). The van der Waals surface area contributed by atoms with Gasteiger partial charge in [0.1, 0.15) is 19.3 Å². The topological polar surface area (TPSA) is 237 Å². The second-order valence-corrected chi connectivity index (χ2v) is 29.6. The molecule has 0 aromatic rings. The fourth-order valence-electron chi connectivity index (χ4n) is 10.4. The molecule has 4 unspecified atom stereocenters. The van der Waals surface area contributed by atoms with Gasteiger partial charge in [0.15, 0.2) is 12.2 Å². The van der Waals surface area contributed by atoms with Crippen molar-refractivity contribution in [3.8, 4) is 0 Å². The highest BCUT2D eigenvalue weighted by atomic mass is 31.2. The predicted octanol–water partition coefficient (Wildman–Crippen LogP) is 19.7. The van der Waals surface area contributed by atoms with E-state index in [2.05, 4.69) is 55.4 Å². The van der Waals surface area contributed by atoms with E-state index < -0.39 is 97.5 Å². The number of ether oxygens (including phenoxy) is 4. The van der Waals surface area contributed by atoms with Gasteiger partial charge >= 0.3 is 39.5 Å². The number of carbonyl (C=O) groups excluding carboxylic acids is 4. The Morgan fingerprint density at radius 2 is 0.539 bits per heavy atom. The van der Waals surface area contributed by atoms with E-state index in [4.69, 9.17) is 37.0 Å². The predicted molar refractivity (Wildman–Crippen MR) is 358 cm³/mol. The van der Waals surface area contributed by atoms with Crippen LogP contribution in [0.1, 0.15) is 344 Å². The molecule has 0 heterocycles. The van der Waals surface area contributed by atoms with Crippen molar-refractivity contribution in [3.63, 3.8) is 0 Å². The summed E-state index contributed by atoms with van der Waals surface area (Å²) in [5, 5.41) is 10.6. The summed E-state index contributed by atoms with van der Waals surface area (Å²) in [6.07, 6.45) is 41.6. The summed E-state index contributed by atoms with van der Waals surface area (Å²) in [6.45, 7) is 14.1. The molecule has 0 spiro atoms. The fraction of sp³-hybridized carbons (Fsp3) is 0.943. The Morgan fingerprint density at radius 3 is 0.798 bits per heavy atom. The molecule has 0 amide bonds. The van der Waals surface area contributed by atoms with Crippen molar-refractivity contribution in [2.75, 3.05) is 39.6 Å². The van der Waals surface area contributed by atoms with Gasteiger partial charge in [-0.3, -0.25) is 37.3 Å². The zero-order valence-electron chi connectivity index (χ0n) is 58.1. The van der Waals surface area contributed by atoms with Crippen LogP contribution in [0.3, 0.4) is 0 Å². The Kier molecular flexibility index (Phi) is 58.5. The molecule has 0 aliphatic heterocycles. The minimum atomic E-state index is -4.95. The average molecular weight is 1310 g/mol. The van der Waals surface area contributed by atoms with E-state index in [0.29, 0.717) is 25.7 Å². The van der Waals surface area contributed by atoms with Crippen LogP contribution < -0.4 is 0 Å². The second-order valence-electron chi connectivity index (χ2n) is 26.7. The number of aliphatic hydroxyl groups is 1. The first-order chi connectivity index (χ1) is 42.7. The standard InChI is InChI=1S/C70H136O17P2/c1-9-62(7)48-40-32-24-20-21-25-34-42-50-67(72)80-56-65(86-70(75)53-45-37-27-19-15-17-23-31-39-47-61(5)6)58-84-88(76,77)82-54-64(71)55-83-89(78,79)85-59-66(57-81-68(73)51-43-35-29-28-33-41-49-63(8)10-2)87-69(74)52-44-36-26-18-14-12-11-13-16-22-30-38-46-60(3)4/h60-66,71H,9-59H2,1-8H3,(H,76,77)(H,78,79)/t62?,63?,64-,65-,66-/m1/s1. The Hall–Kier alpha value is -1.94. The number of phosphoric acid groups is 2. The zero-order chi connectivity index (χ0) is 66.1. The number of aliphatic hydroxyl groups excluding tert-OH is 1. The normalized spacial score (nSPS) is 14.9. The van der Waals surface area contributed by atoms with Crippen molar-refractivity contribution in [2.45, 2.75) is 363 Å². The summed E-state index contributed by atoms with van der Waals surface area (Å²) in [5.74, 6) is 0.891. The number of hydrogen-bond acceptors (Lipinski definition) is 15. The van der Waals surface area contributed by atoms with Gasteiger partial charge in [0.25, 0.3) is 0 Å². The van der Waals surface area contributed by atoms with E-state index in [9.17, 15) is 43.2 Å². The molecule has 528 valence electrons. The van der Waals surface area contributed by atoms with E-state index in [1.807, 2.05) is 0 Å². The number of phosphoric ester groups is 2. The number of rotatable bonds is 67. The Labute approximate surface area is 543 Å². The number of hydrogen-bond donors (Lipinski definition) is 3. The molecule has 0 aliphatic carbocycles. The highest BCUT2D eigenvalue weighted by molar-refractivity contribution is 7.47. The molecule has 3 N–H and O–H groups in total. The van der Waals surface area contributed by atoms with Gasteiger partial charge in [-0.25, -0.2) is 9.13 Å². The van der Waals surface area contributed by atoms with Gasteiger partial charge in [0, 0.05) is 25.7 Å². The number of carbonyl (C=O) groups is 4. The molecule has 0 saturated heterocycles. The molecule has 0 radical (unpaired) electrons. The maximum absolute atomic E-state index is 13.0. The summed E-state index contributed by atoms with van der Waals surface area (Å²) in [7, 11) is -9.90. The lowest BCUT2D eigenvalue weighted by Gasteiger charge is -2.21. The van der Waals surface area contributed by atoms with Crippen LogP contribution in [-0.4, -0.2) is 96.7 Å². The van der Waals surface area contributed by atoms with E-state index in [1.165, 1.54) is 141 Å². The highest BCUT2D eigenvalue weighted by Gasteiger charge is 2.30. The largest absolute Gasteiger partial charge is 0.472 e. The third-order valence-corrected chi connectivity index (χ3v) is 18.7. The van der Waals surface area contributed by atoms with Crippen molar-refractivity contribution in [3.05, 3.63) is 0 Å². The maximum Gasteiger partial charge on any atom is 0.472 e. The zero-order valence-corrected chi connectivity index (χ0v) is 59.8. The lowest BCUT2D eigenvalue weighted by molar-refractivity contribution is -0.161. The first-order valence-corrected chi connectivity index (χ1v) is 39.3. The third-order valence-electron chi connectivity index (χ3n) is 16.8. The number of unbranched alkanes of at least 4 members (excludes halogenated alkanes) is 31.